The molecule has 0 aliphatic rings. The molecule has 0 saturated heterocycles. The molecule has 0 fully saturated rings. The number of nitrogens with zero attached hydrogens (tertiary/aromatic N) is 2. The third kappa shape index (κ3) is 4.43. The van der Waals surface area contributed by atoms with Crippen LogP contribution >= 0.6 is 0 Å². The van der Waals surface area contributed by atoms with Gasteiger partial charge in [0.05, 0.1) is 11.2 Å². The van der Waals surface area contributed by atoms with Crippen LogP contribution in [0.1, 0.15) is 41.0 Å². The Morgan fingerprint density at radius 1 is 1.25 bits per heavy atom. The zero-order chi connectivity index (χ0) is 15.4. The van der Waals surface area contributed by atoms with E-state index in [1.54, 1.807) is 27.7 Å². The maximum absolute atomic E-state index is 10.1. The van der Waals surface area contributed by atoms with Gasteiger partial charge in [0, 0.05) is 24.4 Å². The Morgan fingerprint density at radius 3 is 2.25 bits per heavy atom. The van der Waals surface area contributed by atoms with Gasteiger partial charge in [-0.3, -0.25) is 0 Å². The lowest BCUT2D eigenvalue weighted by atomic mass is 9.78. The number of nitrogens with one attached hydrogen (secondary N) is 1. The van der Waals surface area contributed by atoms with Gasteiger partial charge in [0.25, 0.3) is 0 Å². The van der Waals surface area contributed by atoms with Crippen molar-refractivity contribution in [3.8, 4) is 0 Å². The average Bonchev–Trinajstić information content (AvgIpc) is 2.35. The van der Waals surface area contributed by atoms with Crippen molar-refractivity contribution >= 4 is 18.5 Å². The van der Waals surface area contributed by atoms with Crippen LogP contribution in [0.5, 0.6) is 0 Å². The van der Waals surface area contributed by atoms with Crippen LogP contribution in [0.2, 0.25) is 0 Å². The molecule has 0 spiro atoms. The maximum atomic E-state index is 10.1. The average molecular weight is 281 g/mol. The number of aromatic nitrogens is 2. The second-order valence-electron chi connectivity index (χ2n) is 5.81. The summed E-state index contributed by atoms with van der Waals surface area (Å²) in [7, 11) is -1.18. The van der Waals surface area contributed by atoms with E-state index >= 15 is 0 Å². The van der Waals surface area contributed by atoms with E-state index in [1.807, 2.05) is 0 Å². The van der Waals surface area contributed by atoms with Crippen molar-refractivity contribution in [2.75, 3.05) is 11.9 Å². The topological polar surface area (TPSA) is 87.5 Å². The van der Waals surface area contributed by atoms with Gasteiger partial charge in [0.1, 0.15) is 0 Å². The van der Waals surface area contributed by atoms with Crippen LogP contribution in [-0.4, -0.2) is 45.0 Å². The molecular weight excluding hydrogens is 257 g/mol. The zero-order valence-corrected chi connectivity index (χ0v) is 12.8. The van der Waals surface area contributed by atoms with Crippen LogP contribution in [-0.2, 0) is 4.65 Å². The minimum absolute atomic E-state index is 0.448. The zero-order valence-electron chi connectivity index (χ0n) is 12.8. The summed E-state index contributed by atoms with van der Waals surface area (Å²) in [6.45, 7) is 9.55. The molecule has 0 bridgehead atoms. The molecule has 0 aliphatic heterocycles. The van der Waals surface area contributed by atoms with Gasteiger partial charge in [-0.25, -0.2) is 9.97 Å². The summed E-state index contributed by atoms with van der Waals surface area (Å²) in [6.07, 6.45) is 4.00. The highest BCUT2D eigenvalue weighted by Crippen LogP contribution is 2.25. The fourth-order valence-corrected chi connectivity index (χ4v) is 1.28. The lowest BCUT2D eigenvalue weighted by molar-refractivity contribution is -0.0982. The fourth-order valence-electron chi connectivity index (χ4n) is 1.28. The van der Waals surface area contributed by atoms with Crippen molar-refractivity contribution in [2.45, 2.75) is 52.2 Å². The highest BCUT2D eigenvalue weighted by Gasteiger charge is 2.39. The summed E-state index contributed by atoms with van der Waals surface area (Å²) in [5.74, 6) is 0.518. The van der Waals surface area contributed by atoms with Gasteiger partial charge in [-0.2, -0.15) is 0 Å². The Morgan fingerprint density at radius 2 is 1.80 bits per heavy atom. The van der Waals surface area contributed by atoms with Crippen molar-refractivity contribution < 1.29 is 14.8 Å². The van der Waals surface area contributed by atoms with Gasteiger partial charge >= 0.3 is 7.12 Å². The minimum Gasteiger partial charge on any atom is -0.423 e. The van der Waals surface area contributed by atoms with Crippen molar-refractivity contribution in [1.82, 2.24) is 9.97 Å². The van der Waals surface area contributed by atoms with E-state index in [9.17, 15) is 10.1 Å². The van der Waals surface area contributed by atoms with E-state index in [4.69, 9.17) is 4.65 Å². The molecule has 0 atom stereocenters. The second kappa shape index (κ2) is 6.52. The van der Waals surface area contributed by atoms with Gasteiger partial charge in [-0.15, -0.1) is 0 Å². The Hall–Kier alpha value is -1.18. The van der Waals surface area contributed by atoms with Crippen LogP contribution in [0.25, 0.3) is 0 Å². The van der Waals surface area contributed by atoms with Crippen molar-refractivity contribution in [3.05, 3.63) is 12.4 Å². The van der Waals surface area contributed by atoms with Gasteiger partial charge in [0.2, 0.25) is 5.95 Å². The number of hydrogen-bond acceptors (Lipinski definition) is 6. The van der Waals surface area contributed by atoms with Gasteiger partial charge in [-0.05, 0) is 34.1 Å². The Kier molecular flexibility index (Phi) is 5.50. The molecular formula is C13H24BN3O3. The number of aliphatic hydroxyl groups is 1. The molecule has 0 aromatic carbocycles. The first-order chi connectivity index (χ1) is 9.17. The first-order valence-electron chi connectivity index (χ1n) is 6.81. The molecule has 0 aliphatic carbocycles. The molecule has 0 radical (unpaired) electrons. The molecule has 1 aromatic rings. The number of anilines is 1. The van der Waals surface area contributed by atoms with Crippen molar-refractivity contribution in [2.24, 2.45) is 0 Å². The van der Waals surface area contributed by atoms with Crippen LogP contribution in [0.4, 0.5) is 5.95 Å². The summed E-state index contributed by atoms with van der Waals surface area (Å²) in [4.78, 5) is 8.21. The van der Waals surface area contributed by atoms with Crippen molar-refractivity contribution in [1.29, 1.82) is 0 Å². The molecule has 3 N–H and O–H groups in total. The maximum Gasteiger partial charge on any atom is 0.494 e. The smallest absolute Gasteiger partial charge is 0.423 e. The van der Waals surface area contributed by atoms with Gasteiger partial charge < -0.3 is 20.1 Å². The SMILES string of the molecule is CCCNc1ncc(B(O)OC(C)(C)C(C)(C)O)cn1. The van der Waals surface area contributed by atoms with Gasteiger partial charge in [0.15, 0.2) is 0 Å². The molecule has 20 heavy (non-hydrogen) atoms. The first-order valence-corrected chi connectivity index (χ1v) is 6.81. The Labute approximate surface area is 120 Å². The third-order valence-electron chi connectivity index (χ3n) is 3.37. The lowest BCUT2D eigenvalue weighted by Gasteiger charge is -2.38. The quantitative estimate of drug-likeness (QED) is 0.633. The van der Waals surface area contributed by atoms with Crippen molar-refractivity contribution in [3.63, 3.8) is 0 Å². The van der Waals surface area contributed by atoms with Crippen LogP contribution < -0.4 is 10.8 Å². The predicted octanol–water partition coefficient (Wildman–Crippen LogP) is 0.552. The minimum atomic E-state index is -1.18. The molecule has 0 unspecified atom stereocenters. The molecule has 112 valence electrons. The molecule has 1 rings (SSSR count). The Balaban J connectivity index is 2.71. The summed E-state index contributed by atoms with van der Waals surface area (Å²) in [5, 5.41) is 23.1. The van der Waals surface area contributed by atoms with Crippen LogP contribution in [0, 0.1) is 0 Å². The van der Waals surface area contributed by atoms with E-state index in [-0.39, 0.29) is 0 Å². The molecule has 0 saturated carbocycles. The van der Waals surface area contributed by atoms with Crippen LogP contribution in [0.15, 0.2) is 12.4 Å². The van der Waals surface area contributed by atoms with E-state index in [0.717, 1.165) is 13.0 Å². The number of rotatable bonds is 7. The summed E-state index contributed by atoms with van der Waals surface area (Å²) in [6, 6.07) is 0. The summed E-state index contributed by atoms with van der Waals surface area (Å²) < 4.78 is 5.51. The van der Waals surface area contributed by atoms with E-state index < -0.39 is 18.3 Å². The van der Waals surface area contributed by atoms with E-state index in [1.165, 1.54) is 12.4 Å². The van der Waals surface area contributed by atoms with Crippen LogP contribution in [0.3, 0.4) is 0 Å². The van der Waals surface area contributed by atoms with E-state index in [0.29, 0.717) is 11.4 Å². The molecule has 1 aromatic heterocycles. The molecule has 1 heterocycles. The number of hydrogen-bond donors (Lipinski definition) is 3. The highest BCUT2D eigenvalue weighted by molar-refractivity contribution is 6.59. The normalized spacial score (nSPS) is 12.3. The largest absolute Gasteiger partial charge is 0.494 e. The first kappa shape index (κ1) is 16.9. The highest BCUT2D eigenvalue weighted by atomic mass is 16.5. The Bertz CT molecular complexity index is 418. The second-order valence-corrected chi connectivity index (χ2v) is 5.81. The fraction of sp³-hybridized carbons (Fsp3) is 0.692. The lowest BCUT2D eigenvalue weighted by Crippen LogP contribution is -2.53. The monoisotopic (exact) mass is 281 g/mol. The standard InChI is InChI=1S/C13H24BN3O3/c1-6-7-15-11-16-8-10(9-17-11)14(19)20-13(4,5)12(2,3)18/h8-9,18-19H,6-7H2,1-5H3,(H,15,16,17). The predicted molar refractivity (Wildman–Crippen MR) is 79.9 cm³/mol. The van der Waals surface area contributed by atoms with Gasteiger partial charge in [-0.1, -0.05) is 6.92 Å². The van der Waals surface area contributed by atoms with E-state index in [2.05, 4.69) is 22.2 Å². The molecule has 0 amide bonds. The summed E-state index contributed by atoms with van der Waals surface area (Å²) in [5.41, 5.74) is -1.55. The summed E-state index contributed by atoms with van der Waals surface area (Å²) >= 11 is 0. The molecule has 6 nitrogen and oxygen atoms in total. The third-order valence-corrected chi connectivity index (χ3v) is 3.37. The molecule has 7 heteroatoms.